The number of nitrogens with one attached hydrogen (secondary N) is 2. The standard InChI is InChI=1S/C14H20N2O3S/c1-10-5-3-4-6-11(10)9-15-14(19)16-12(13(17)18)7-8-20-2/h3-6,12H,7-9H2,1-2H3,(H,17,18)(H2,15,16,19). The third-order valence-corrected chi connectivity index (χ3v) is 3.56. The summed E-state index contributed by atoms with van der Waals surface area (Å²) >= 11 is 1.55. The summed E-state index contributed by atoms with van der Waals surface area (Å²) in [6, 6.07) is 6.43. The van der Waals surface area contributed by atoms with Crippen molar-refractivity contribution in [2.24, 2.45) is 0 Å². The van der Waals surface area contributed by atoms with E-state index in [9.17, 15) is 9.59 Å². The molecule has 1 rings (SSSR count). The lowest BCUT2D eigenvalue weighted by Crippen LogP contribution is -2.46. The van der Waals surface area contributed by atoms with Gasteiger partial charge in [-0.2, -0.15) is 11.8 Å². The zero-order valence-electron chi connectivity index (χ0n) is 11.7. The van der Waals surface area contributed by atoms with Crippen molar-refractivity contribution >= 4 is 23.8 Å². The molecule has 20 heavy (non-hydrogen) atoms. The molecule has 0 saturated heterocycles. The molecular formula is C14H20N2O3S. The van der Waals surface area contributed by atoms with Gasteiger partial charge in [0.2, 0.25) is 0 Å². The summed E-state index contributed by atoms with van der Waals surface area (Å²) in [6.45, 7) is 2.35. The fourth-order valence-corrected chi connectivity index (χ4v) is 2.16. The third kappa shape index (κ3) is 5.52. The van der Waals surface area contributed by atoms with E-state index in [0.29, 0.717) is 18.7 Å². The smallest absolute Gasteiger partial charge is 0.326 e. The van der Waals surface area contributed by atoms with E-state index in [1.165, 1.54) is 0 Å². The first-order valence-corrected chi connectivity index (χ1v) is 7.74. The lowest BCUT2D eigenvalue weighted by Gasteiger charge is -2.15. The molecule has 0 aliphatic carbocycles. The van der Waals surface area contributed by atoms with Crippen molar-refractivity contribution in [3.8, 4) is 0 Å². The number of urea groups is 1. The maximum absolute atomic E-state index is 11.7. The summed E-state index contributed by atoms with van der Waals surface area (Å²) < 4.78 is 0. The monoisotopic (exact) mass is 296 g/mol. The predicted octanol–water partition coefficient (Wildman–Crippen LogP) is 2.00. The predicted molar refractivity (Wildman–Crippen MR) is 81.0 cm³/mol. The van der Waals surface area contributed by atoms with Crippen molar-refractivity contribution in [3.05, 3.63) is 35.4 Å². The minimum Gasteiger partial charge on any atom is -0.480 e. The molecule has 0 fully saturated rings. The van der Waals surface area contributed by atoms with Crippen LogP contribution in [0.1, 0.15) is 17.5 Å². The molecule has 2 amide bonds. The molecule has 0 radical (unpaired) electrons. The zero-order valence-corrected chi connectivity index (χ0v) is 12.5. The van der Waals surface area contributed by atoms with Crippen LogP contribution in [0.25, 0.3) is 0 Å². The molecule has 3 N–H and O–H groups in total. The van der Waals surface area contributed by atoms with Gasteiger partial charge in [0.1, 0.15) is 6.04 Å². The number of benzene rings is 1. The normalized spacial score (nSPS) is 11.7. The van der Waals surface area contributed by atoms with Crippen LogP contribution in [0.2, 0.25) is 0 Å². The molecule has 6 heteroatoms. The number of carbonyl (C=O) groups excluding carboxylic acids is 1. The second-order valence-electron chi connectivity index (χ2n) is 4.43. The summed E-state index contributed by atoms with van der Waals surface area (Å²) in [6.07, 6.45) is 2.31. The molecule has 0 aliphatic heterocycles. The summed E-state index contributed by atoms with van der Waals surface area (Å²) in [7, 11) is 0. The maximum atomic E-state index is 11.7. The third-order valence-electron chi connectivity index (χ3n) is 2.91. The van der Waals surface area contributed by atoms with Crippen LogP contribution in [0.4, 0.5) is 4.79 Å². The Kier molecular flexibility index (Phi) is 6.93. The number of thioether (sulfide) groups is 1. The maximum Gasteiger partial charge on any atom is 0.326 e. The van der Waals surface area contributed by atoms with Gasteiger partial charge in [0.25, 0.3) is 0 Å². The highest BCUT2D eigenvalue weighted by Crippen LogP contribution is 2.06. The highest BCUT2D eigenvalue weighted by Gasteiger charge is 2.19. The lowest BCUT2D eigenvalue weighted by atomic mass is 10.1. The van der Waals surface area contributed by atoms with Crippen molar-refractivity contribution in [1.29, 1.82) is 0 Å². The summed E-state index contributed by atoms with van der Waals surface area (Å²) in [4.78, 5) is 22.7. The molecule has 1 atom stereocenters. The summed E-state index contributed by atoms with van der Waals surface area (Å²) in [5, 5.41) is 14.2. The van der Waals surface area contributed by atoms with Gasteiger partial charge in [-0.25, -0.2) is 9.59 Å². The van der Waals surface area contributed by atoms with Crippen LogP contribution in [0.3, 0.4) is 0 Å². The second-order valence-corrected chi connectivity index (χ2v) is 5.41. The Morgan fingerprint density at radius 1 is 1.35 bits per heavy atom. The molecular weight excluding hydrogens is 276 g/mol. The van der Waals surface area contributed by atoms with E-state index in [-0.39, 0.29) is 0 Å². The van der Waals surface area contributed by atoms with Crippen LogP contribution in [0, 0.1) is 6.92 Å². The first kappa shape index (κ1) is 16.4. The molecule has 0 bridgehead atoms. The van der Waals surface area contributed by atoms with Gasteiger partial charge in [0.05, 0.1) is 0 Å². The van der Waals surface area contributed by atoms with Gasteiger partial charge in [0, 0.05) is 6.54 Å². The molecule has 1 unspecified atom stereocenters. The molecule has 0 heterocycles. The van der Waals surface area contributed by atoms with E-state index >= 15 is 0 Å². The second kappa shape index (κ2) is 8.47. The van der Waals surface area contributed by atoms with E-state index in [0.717, 1.165) is 11.1 Å². The fourth-order valence-electron chi connectivity index (χ4n) is 1.69. The van der Waals surface area contributed by atoms with Crippen molar-refractivity contribution in [2.45, 2.75) is 25.9 Å². The highest BCUT2D eigenvalue weighted by atomic mass is 32.2. The average molecular weight is 296 g/mol. The topological polar surface area (TPSA) is 78.4 Å². The SMILES string of the molecule is CSCCC(NC(=O)NCc1ccccc1C)C(=O)O. The largest absolute Gasteiger partial charge is 0.480 e. The van der Waals surface area contributed by atoms with Crippen LogP contribution in [0.15, 0.2) is 24.3 Å². The number of hydrogen-bond donors (Lipinski definition) is 3. The van der Waals surface area contributed by atoms with Gasteiger partial charge in [-0.1, -0.05) is 24.3 Å². The quantitative estimate of drug-likeness (QED) is 0.719. The first-order valence-electron chi connectivity index (χ1n) is 6.35. The number of rotatable bonds is 7. The molecule has 0 aliphatic rings. The highest BCUT2D eigenvalue weighted by molar-refractivity contribution is 7.98. The number of aryl methyl sites for hydroxylation is 1. The number of carboxylic acid groups (broad SMARTS) is 1. The Balaban J connectivity index is 2.46. The number of hydrogen-bond acceptors (Lipinski definition) is 3. The Labute approximate surface area is 123 Å². The van der Waals surface area contributed by atoms with E-state index in [1.54, 1.807) is 11.8 Å². The van der Waals surface area contributed by atoms with E-state index in [4.69, 9.17) is 5.11 Å². The van der Waals surface area contributed by atoms with Gasteiger partial charge in [0.15, 0.2) is 0 Å². The fraction of sp³-hybridized carbons (Fsp3) is 0.429. The van der Waals surface area contributed by atoms with E-state index in [2.05, 4.69) is 10.6 Å². The molecule has 1 aromatic carbocycles. The number of carbonyl (C=O) groups is 2. The summed E-state index contributed by atoms with van der Waals surface area (Å²) in [5.41, 5.74) is 2.10. The molecule has 110 valence electrons. The Bertz CT molecular complexity index is 465. The van der Waals surface area contributed by atoms with E-state index in [1.807, 2.05) is 37.4 Å². The zero-order chi connectivity index (χ0) is 15.0. The van der Waals surface area contributed by atoms with Crippen molar-refractivity contribution in [1.82, 2.24) is 10.6 Å². The average Bonchev–Trinajstić information content (AvgIpc) is 2.42. The molecule has 5 nitrogen and oxygen atoms in total. The number of amides is 2. The first-order chi connectivity index (χ1) is 9.54. The van der Waals surface area contributed by atoms with Crippen molar-refractivity contribution < 1.29 is 14.7 Å². The molecule has 0 aromatic heterocycles. The van der Waals surface area contributed by atoms with Gasteiger partial charge in [-0.05, 0) is 36.5 Å². The Morgan fingerprint density at radius 2 is 2.05 bits per heavy atom. The lowest BCUT2D eigenvalue weighted by molar-refractivity contribution is -0.139. The van der Waals surface area contributed by atoms with Crippen LogP contribution < -0.4 is 10.6 Å². The molecule has 0 saturated carbocycles. The van der Waals surface area contributed by atoms with Gasteiger partial charge in [-0.15, -0.1) is 0 Å². The minimum absolute atomic E-state index is 0.382. The van der Waals surface area contributed by atoms with Gasteiger partial charge < -0.3 is 15.7 Å². The van der Waals surface area contributed by atoms with Gasteiger partial charge in [-0.3, -0.25) is 0 Å². The van der Waals surface area contributed by atoms with E-state index < -0.39 is 18.0 Å². The van der Waals surface area contributed by atoms with Crippen molar-refractivity contribution in [2.75, 3.05) is 12.0 Å². The molecule has 0 spiro atoms. The summed E-state index contributed by atoms with van der Waals surface area (Å²) in [5.74, 6) is -0.320. The van der Waals surface area contributed by atoms with Crippen LogP contribution in [-0.2, 0) is 11.3 Å². The van der Waals surface area contributed by atoms with Crippen molar-refractivity contribution in [3.63, 3.8) is 0 Å². The van der Waals surface area contributed by atoms with Crippen LogP contribution in [0.5, 0.6) is 0 Å². The van der Waals surface area contributed by atoms with Crippen LogP contribution >= 0.6 is 11.8 Å². The van der Waals surface area contributed by atoms with Crippen LogP contribution in [-0.4, -0.2) is 35.2 Å². The molecule has 1 aromatic rings. The Morgan fingerprint density at radius 3 is 2.65 bits per heavy atom. The number of carboxylic acids is 1. The van der Waals surface area contributed by atoms with Gasteiger partial charge >= 0.3 is 12.0 Å². The minimum atomic E-state index is -1.01. The Hall–Kier alpha value is -1.69. The number of aliphatic carboxylic acids is 1.